The zero-order chi connectivity index (χ0) is 21.5. The van der Waals surface area contributed by atoms with Crippen molar-refractivity contribution in [1.82, 2.24) is 9.80 Å². The Morgan fingerprint density at radius 1 is 1.06 bits per heavy atom. The Bertz CT molecular complexity index is 903. The molecule has 164 valence electrons. The summed E-state index contributed by atoms with van der Waals surface area (Å²) in [4.78, 5) is 16.7. The molecule has 0 atom stereocenters. The maximum atomic E-state index is 13.3. The van der Waals surface area contributed by atoms with E-state index in [9.17, 15) is 9.18 Å². The molecule has 4 rings (SSSR count). The summed E-state index contributed by atoms with van der Waals surface area (Å²) in [6.07, 6.45) is 4.88. The molecule has 2 aromatic carbocycles. The molecule has 0 saturated carbocycles. The van der Waals surface area contributed by atoms with Crippen LogP contribution < -0.4 is 4.74 Å². The van der Waals surface area contributed by atoms with E-state index >= 15 is 0 Å². The van der Waals surface area contributed by atoms with Crippen molar-refractivity contribution in [3.8, 4) is 5.75 Å². The summed E-state index contributed by atoms with van der Waals surface area (Å²) >= 11 is 0. The number of benzene rings is 2. The Morgan fingerprint density at radius 2 is 1.84 bits per heavy atom. The van der Waals surface area contributed by atoms with Gasteiger partial charge in [-0.05, 0) is 41.5 Å². The number of ether oxygens (including phenoxy) is 2. The van der Waals surface area contributed by atoms with E-state index in [2.05, 4.69) is 17.0 Å². The lowest BCUT2D eigenvalue weighted by atomic mass is 10.1. The minimum absolute atomic E-state index is 0.0461. The number of halogens is 1. The van der Waals surface area contributed by atoms with Crippen molar-refractivity contribution in [2.75, 3.05) is 39.4 Å². The molecule has 2 fully saturated rings. The molecule has 31 heavy (non-hydrogen) atoms. The summed E-state index contributed by atoms with van der Waals surface area (Å²) in [6, 6.07) is 14.5. The highest BCUT2D eigenvalue weighted by Gasteiger charge is 2.23. The van der Waals surface area contributed by atoms with E-state index in [-0.39, 0.29) is 17.8 Å². The van der Waals surface area contributed by atoms with Gasteiger partial charge in [-0.25, -0.2) is 4.39 Å². The van der Waals surface area contributed by atoms with Crippen LogP contribution in [0.5, 0.6) is 5.75 Å². The Balaban J connectivity index is 1.25. The number of nitrogens with zero attached hydrogens (tertiary/aromatic N) is 2. The Labute approximate surface area is 183 Å². The third-order valence-corrected chi connectivity index (χ3v) is 5.73. The third kappa shape index (κ3) is 6.39. The number of morpholine rings is 1. The molecule has 0 aromatic heterocycles. The Morgan fingerprint density at radius 3 is 2.61 bits per heavy atom. The number of amides is 1. The predicted molar refractivity (Wildman–Crippen MR) is 118 cm³/mol. The number of likely N-dealkylation sites (tertiary alicyclic amines) is 1. The van der Waals surface area contributed by atoms with Gasteiger partial charge >= 0.3 is 0 Å². The number of hydrogen-bond donors (Lipinski definition) is 0. The fourth-order valence-corrected chi connectivity index (χ4v) is 4.00. The van der Waals surface area contributed by atoms with Crippen molar-refractivity contribution in [1.29, 1.82) is 0 Å². The first-order chi connectivity index (χ1) is 15.2. The van der Waals surface area contributed by atoms with Gasteiger partial charge in [0.2, 0.25) is 5.91 Å². The first-order valence-electron chi connectivity index (χ1n) is 10.9. The lowest BCUT2D eigenvalue weighted by Crippen LogP contribution is -2.41. The topological polar surface area (TPSA) is 42.0 Å². The fourth-order valence-electron chi connectivity index (χ4n) is 4.00. The predicted octanol–water partition coefficient (Wildman–Crippen LogP) is 3.74. The van der Waals surface area contributed by atoms with Crippen LogP contribution in [0.25, 0.3) is 6.08 Å². The van der Waals surface area contributed by atoms with Crippen LogP contribution in [0, 0.1) is 5.82 Å². The maximum absolute atomic E-state index is 13.3. The minimum Gasteiger partial charge on any atom is -0.490 e. The Kier molecular flexibility index (Phi) is 7.33. The highest BCUT2D eigenvalue weighted by atomic mass is 19.1. The van der Waals surface area contributed by atoms with Crippen LogP contribution in [0.15, 0.2) is 54.6 Å². The molecule has 0 aliphatic carbocycles. The molecule has 6 heteroatoms. The van der Waals surface area contributed by atoms with Crippen LogP contribution in [0.2, 0.25) is 0 Å². The molecular formula is C25H29FN2O3. The van der Waals surface area contributed by atoms with E-state index in [0.717, 1.165) is 51.4 Å². The largest absolute Gasteiger partial charge is 0.490 e. The summed E-state index contributed by atoms with van der Waals surface area (Å²) in [5.41, 5.74) is 1.93. The van der Waals surface area contributed by atoms with Gasteiger partial charge in [-0.2, -0.15) is 0 Å². The van der Waals surface area contributed by atoms with Gasteiger partial charge in [0.1, 0.15) is 17.7 Å². The molecule has 2 aromatic rings. The molecule has 0 unspecified atom stereocenters. The molecule has 0 spiro atoms. The highest BCUT2D eigenvalue weighted by molar-refractivity contribution is 5.91. The molecule has 5 nitrogen and oxygen atoms in total. The second kappa shape index (κ2) is 10.6. The van der Waals surface area contributed by atoms with Crippen LogP contribution >= 0.6 is 0 Å². The summed E-state index contributed by atoms with van der Waals surface area (Å²) < 4.78 is 24.9. The van der Waals surface area contributed by atoms with E-state index in [0.29, 0.717) is 18.7 Å². The molecular weight excluding hydrogens is 395 g/mol. The third-order valence-electron chi connectivity index (χ3n) is 5.73. The average molecular weight is 425 g/mol. The number of piperidine rings is 1. The first-order valence-corrected chi connectivity index (χ1v) is 10.9. The van der Waals surface area contributed by atoms with Crippen LogP contribution in [-0.2, 0) is 16.1 Å². The molecule has 1 amide bonds. The van der Waals surface area contributed by atoms with Crippen molar-refractivity contribution in [2.24, 2.45) is 0 Å². The van der Waals surface area contributed by atoms with Crippen molar-refractivity contribution in [3.63, 3.8) is 0 Å². The van der Waals surface area contributed by atoms with Crippen LogP contribution in [0.3, 0.4) is 0 Å². The SMILES string of the molecule is O=C(/C=C/c1cccc(F)c1)N1CCC(Oc2cccc(CN3CCOCC3)c2)CC1. The number of rotatable bonds is 6. The van der Waals surface area contributed by atoms with Gasteiger partial charge < -0.3 is 14.4 Å². The zero-order valence-corrected chi connectivity index (χ0v) is 17.7. The smallest absolute Gasteiger partial charge is 0.246 e. The molecule has 2 aliphatic heterocycles. The average Bonchev–Trinajstić information content (AvgIpc) is 2.79. The first kappa shape index (κ1) is 21.5. The van der Waals surface area contributed by atoms with Gasteiger partial charge in [0.05, 0.1) is 13.2 Å². The number of hydrogen-bond acceptors (Lipinski definition) is 4. The van der Waals surface area contributed by atoms with Crippen LogP contribution in [0.4, 0.5) is 4.39 Å². The van der Waals surface area contributed by atoms with E-state index < -0.39 is 0 Å². The molecule has 0 radical (unpaired) electrons. The van der Waals surface area contributed by atoms with Crippen LogP contribution in [-0.4, -0.2) is 61.2 Å². The zero-order valence-electron chi connectivity index (χ0n) is 17.7. The van der Waals surface area contributed by atoms with Crippen LogP contribution in [0.1, 0.15) is 24.0 Å². The van der Waals surface area contributed by atoms with Crippen molar-refractivity contribution in [2.45, 2.75) is 25.5 Å². The maximum Gasteiger partial charge on any atom is 0.246 e. The quantitative estimate of drug-likeness (QED) is 0.663. The van der Waals surface area contributed by atoms with Gasteiger partial charge in [-0.1, -0.05) is 24.3 Å². The standard InChI is InChI=1S/C25H29FN2O3/c26-22-5-1-3-20(17-22)7-8-25(29)28-11-9-23(10-12-28)31-24-6-2-4-21(18-24)19-27-13-15-30-16-14-27/h1-8,17-18,23H,9-16,19H2/b8-7+. The molecule has 2 saturated heterocycles. The lowest BCUT2D eigenvalue weighted by molar-refractivity contribution is -0.127. The normalized spacial score (nSPS) is 18.4. The monoisotopic (exact) mass is 424 g/mol. The summed E-state index contributed by atoms with van der Waals surface area (Å²) in [6.45, 7) is 5.74. The van der Waals surface area contributed by atoms with Gasteiger partial charge in [0, 0.05) is 51.6 Å². The van der Waals surface area contributed by atoms with Crippen molar-refractivity contribution >= 4 is 12.0 Å². The van der Waals surface area contributed by atoms with Gasteiger partial charge in [-0.3, -0.25) is 9.69 Å². The number of carbonyl (C=O) groups is 1. The molecule has 2 heterocycles. The molecule has 0 N–H and O–H groups in total. The number of carbonyl (C=O) groups excluding carboxylic acids is 1. The fraction of sp³-hybridized carbons (Fsp3) is 0.400. The summed E-state index contributed by atoms with van der Waals surface area (Å²) in [5.74, 6) is 0.540. The van der Waals surface area contributed by atoms with E-state index in [4.69, 9.17) is 9.47 Å². The van der Waals surface area contributed by atoms with E-state index in [1.807, 2.05) is 17.0 Å². The molecule has 0 bridgehead atoms. The van der Waals surface area contributed by atoms with Crippen molar-refractivity contribution < 1.29 is 18.7 Å². The van der Waals surface area contributed by atoms with Gasteiger partial charge in [-0.15, -0.1) is 0 Å². The Hall–Kier alpha value is -2.70. The second-order valence-corrected chi connectivity index (χ2v) is 8.07. The summed E-state index contributed by atoms with van der Waals surface area (Å²) in [7, 11) is 0. The van der Waals surface area contributed by atoms with E-state index in [1.165, 1.54) is 23.8 Å². The highest BCUT2D eigenvalue weighted by Crippen LogP contribution is 2.21. The van der Waals surface area contributed by atoms with Crippen molar-refractivity contribution in [3.05, 3.63) is 71.6 Å². The molecule has 2 aliphatic rings. The lowest BCUT2D eigenvalue weighted by Gasteiger charge is -2.31. The van der Waals surface area contributed by atoms with Gasteiger partial charge in [0.15, 0.2) is 0 Å². The van der Waals surface area contributed by atoms with E-state index in [1.54, 1.807) is 18.2 Å². The summed E-state index contributed by atoms with van der Waals surface area (Å²) in [5, 5.41) is 0. The second-order valence-electron chi connectivity index (χ2n) is 8.07. The minimum atomic E-state index is -0.304. The van der Waals surface area contributed by atoms with Gasteiger partial charge in [0.25, 0.3) is 0 Å².